The van der Waals surface area contributed by atoms with E-state index < -0.39 is 10.0 Å². The predicted octanol–water partition coefficient (Wildman–Crippen LogP) is 3.06. The summed E-state index contributed by atoms with van der Waals surface area (Å²) in [5.41, 5.74) is 1.25. The van der Waals surface area contributed by atoms with Gasteiger partial charge in [0.05, 0.1) is 19.1 Å². The lowest BCUT2D eigenvalue weighted by Gasteiger charge is -2.08. The predicted molar refractivity (Wildman–Crippen MR) is 120 cm³/mol. The highest BCUT2D eigenvalue weighted by molar-refractivity contribution is 7.89. The van der Waals surface area contributed by atoms with Crippen LogP contribution in [-0.2, 0) is 19.6 Å². The van der Waals surface area contributed by atoms with Crippen LogP contribution in [0.3, 0.4) is 0 Å². The molecule has 2 aromatic carbocycles. The molecule has 0 aliphatic carbocycles. The summed E-state index contributed by atoms with van der Waals surface area (Å²) in [6, 6.07) is 11.3. The van der Waals surface area contributed by atoms with Crippen LogP contribution in [0.5, 0.6) is 11.5 Å². The van der Waals surface area contributed by atoms with Crippen LogP contribution >= 0.6 is 0 Å². The molecule has 2 N–H and O–H groups in total. The molecule has 0 spiro atoms. The molecule has 0 radical (unpaired) electrons. The Labute approximate surface area is 183 Å². The number of hydrogen-bond acceptors (Lipinski definition) is 6. The molecule has 0 bridgehead atoms. The van der Waals surface area contributed by atoms with Crippen molar-refractivity contribution in [3.63, 3.8) is 0 Å². The number of methoxy groups -OCH3 is 2. The van der Waals surface area contributed by atoms with Gasteiger partial charge >= 0.3 is 0 Å². The van der Waals surface area contributed by atoms with E-state index in [9.17, 15) is 13.2 Å². The first-order valence-electron chi connectivity index (χ1n) is 9.78. The van der Waals surface area contributed by atoms with E-state index in [4.69, 9.17) is 14.2 Å². The summed E-state index contributed by atoms with van der Waals surface area (Å²) in [5, 5.41) is 2.69. The second-order valence-electron chi connectivity index (χ2n) is 6.41. The number of hydrogen-bond donors (Lipinski definition) is 2. The summed E-state index contributed by atoms with van der Waals surface area (Å²) >= 11 is 0. The van der Waals surface area contributed by atoms with E-state index in [-0.39, 0.29) is 10.8 Å². The van der Waals surface area contributed by atoms with Crippen molar-refractivity contribution in [2.75, 3.05) is 39.3 Å². The highest BCUT2D eigenvalue weighted by Gasteiger charge is 2.13. The molecule has 1 amide bonds. The molecular weight excluding hydrogens is 420 g/mol. The Kier molecular flexibility index (Phi) is 9.51. The molecule has 9 heteroatoms. The van der Waals surface area contributed by atoms with Gasteiger partial charge in [-0.25, -0.2) is 13.1 Å². The maximum absolute atomic E-state index is 12.3. The maximum atomic E-state index is 12.3. The van der Waals surface area contributed by atoms with Crippen LogP contribution in [0.4, 0.5) is 5.69 Å². The van der Waals surface area contributed by atoms with Gasteiger partial charge in [0.1, 0.15) is 0 Å². The van der Waals surface area contributed by atoms with Gasteiger partial charge in [0.25, 0.3) is 0 Å². The lowest BCUT2D eigenvalue weighted by molar-refractivity contribution is -0.111. The van der Waals surface area contributed by atoms with Gasteiger partial charge in [-0.15, -0.1) is 0 Å². The van der Waals surface area contributed by atoms with Crippen molar-refractivity contribution in [3.8, 4) is 11.5 Å². The Balaban J connectivity index is 1.93. The molecule has 0 aliphatic rings. The molecule has 8 nitrogen and oxygen atoms in total. The highest BCUT2D eigenvalue weighted by atomic mass is 32.2. The molecule has 0 fully saturated rings. The van der Waals surface area contributed by atoms with Gasteiger partial charge in [0.15, 0.2) is 11.5 Å². The number of carbonyl (C=O) groups is 1. The van der Waals surface area contributed by atoms with Gasteiger partial charge in [-0.3, -0.25) is 4.79 Å². The van der Waals surface area contributed by atoms with Gasteiger partial charge < -0.3 is 19.5 Å². The number of amides is 1. The minimum absolute atomic E-state index is 0.128. The number of carbonyl (C=O) groups excluding carboxylic acids is 1. The summed E-state index contributed by atoms with van der Waals surface area (Å²) in [7, 11) is -0.514. The summed E-state index contributed by atoms with van der Waals surface area (Å²) < 4.78 is 42.7. The van der Waals surface area contributed by atoms with E-state index in [2.05, 4.69) is 10.0 Å². The van der Waals surface area contributed by atoms with E-state index in [1.54, 1.807) is 31.4 Å². The molecule has 2 rings (SSSR count). The lowest BCUT2D eigenvalue weighted by atomic mass is 10.2. The Hall–Kier alpha value is -2.88. The van der Waals surface area contributed by atoms with Crippen molar-refractivity contribution in [3.05, 3.63) is 54.1 Å². The first-order chi connectivity index (χ1) is 14.9. The largest absolute Gasteiger partial charge is 0.493 e. The lowest BCUT2D eigenvalue weighted by Crippen LogP contribution is -2.25. The quantitative estimate of drug-likeness (QED) is 0.382. The average molecular weight is 449 g/mol. The monoisotopic (exact) mass is 448 g/mol. The van der Waals surface area contributed by atoms with Crippen molar-refractivity contribution >= 4 is 27.7 Å². The van der Waals surface area contributed by atoms with Crippen LogP contribution in [0.1, 0.15) is 18.9 Å². The zero-order chi connectivity index (χ0) is 22.7. The van der Waals surface area contributed by atoms with Crippen molar-refractivity contribution in [1.29, 1.82) is 0 Å². The number of nitrogens with one attached hydrogen (secondary N) is 2. The van der Waals surface area contributed by atoms with Crippen molar-refractivity contribution in [1.82, 2.24) is 4.72 Å². The van der Waals surface area contributed by atoms with Crippen LogP contribution in [-0.4, -0.2) is 48.3 Å². The normalized spacial score (nSPS) is 11.5. The molecule has 0 unspecified atom stereocenters. The maximum Gasteiger partial charge on any atom is 0.248 e. The minimum atomic E-state index is -3.61. The fourth-order valence-corrected chi connectivity index (χ4v) is 3.71. The molecular formula is C22H28N2O6S. The fraction of sp³-hybridized carbons (Fsp3) is 0.318. The zero-order valence-corrected chi connectivity index (χ0v) is 18.7. The molecule has 168 valence electrons. The number of sulfonamides is 1. The van der Waals surface area contributed by atoms with Crippen LogP contribution in [0, 0.1) is 0 Å². The smallest absolute Gasteiger partial charge is 0.248 e. The zero-order valence-electron chi connectivity index (χ0n) is 17.9. The Morgan fingerprint density at radius 3 is 2.39 bits per heavy atom. The number of rotatable bonds is 12. The third-order valence-electron chi connectivity index (χ3n) is 4.23. The van der Waals surface area contributed by atoms with E-state index in [0.717, 1.165) is 5.56 Å². The van der Waals surface area contributed by atoms with E-state index in [0.29, 0.717) is 43.4 Å². The second kappa shape index (κ2) is 12.1. The third-order valence-corrected chi connectivity index (χ3v) is 5.71. The highest BCUT2D eigenvalue weighted by Crippen LogP contribution is 2.28. The number of benzene rings is 2. The van der Waals surface area contributed by atoms with E-state index in [1.807, 2.05) is 6.92 Å². The van der Waals surface area contributed by atoms with Crippen molar-refractivity contribution in [2.24, 2.45) is 0 Å². The molecule has 0 saturated carbocycles. The second-order valence-corrected chi connectivity index (χ2v) is 8.18. The van der Waals surface area contributed by atoms with Crippen LogP contribution in [0.2, 0.25) is 0 Å². The van der Waals surface area contributed by atoms with Crippen LogP contribution in [0.15, 0.2) is 53.4 Å². The SMILES string of the molecule is CCOCCCNS(=O)(=O)c1ccc(NC(=O)/C=C/c2ccc(OC)c(OC)c2)cc1. The molecule has 31 heavy (non-hydrogen) atoms. The molecule has 0 heterocycles. The summed E-state index contributed by atoms with van der Waals surface area (Å²) in [6.45, 7) is 3.28. The van der Waals surface area contributed by atoms with Gasteiger partial charge in [-0.1, -0.05) is 6.07 Å². The van der Waals surface area contributed by atoms with Gasteiger partial charge in [0, 0.05) is 31.5 Å². The molecule has 0 saturated heterocycles. The summed E-state index contributed by atoms with van der Waals surface area (Å²) in [6.07, 6.45) is 3.61. The van der Waals surface area contributed by atoms with Crippen LogP contribution < -0.4 is 19.5 Å². The topological polar surface area (TPSA) is 103 Å². The van der Waals surface area contributed by atoms with E-state index >= 15 is 0 Å². The summed E-state index contributed by atoms with van der Waals surface area (Å²) in [4.78, 5) is 12.3. The Morgan fingerprint density at radius 1 is 1.03 bits per heavy atom. The first kappa shape index (κ1) is 24.4. The molecule has 0 atom stereocenters. The van der Waals surface area contributed by atoms with Crippen molar-refractivity contribution < 1.29 is 27.4 Å². The molecule has 0 aromatic heterocycles. The van der Waals surface area contributed by atoms with E-state index in [1.165, 1.54) is 37.5 Å². The molecule has 2 aromatic rings. The Morgan fingerprint density at radius 2 is 1.74 bits per heavy atom. The number of ether oxygens (including phenoxy) is 3. The van der Waals surface area contributed by atoms with Gasteiger partial charge in [-0.2, -0.15) is 0 Å². The first-order valence-corrected chi connectivity index (χ1v) is 11.3. The van der Waals surface area contributed by atoms with Gasteiger partial charge in [-0.05, 0) is 61.4 Å². The minimum Gasteiger partial charge on any atom is -0.493 e. The Bertz CT molecular complexity index is 988. The standard InChI is InChI=1S/C22H28N2O6S/c1-4-30-15-5-14-23-31(26,27)19-10-8-18(9-11-19)24-22(25)13-7-17-6-12-20(28-2)21(16-17)29-3/h6-13,16,23H,4-5,14-15H2,1-3H3,(H,24,25)/b13-7+. The fourth-order valence-electron chi connectivity index (χ4n) is 2.64. The third kappa shape index (κ3) is 7.71. The van der Waals surface area contributed by atoms with Crippen molar-refractivity contribution in [2.45, 2.75) is 18.2 Å². The van der Waals surface area contributed by atoms with Gasteiger partial charge in [0.2, 0.25) is 15.9 Å². The molecule has 0 aliphatic heterocycles. The number of anilines is 1. The summed E-state index contributed by atoms with van der Waals surface area (Å²) in [5.74, 6) is 0.815. The van der Waals surface area contributed by atoms with Crippen LogP contribution in [0.25, 0.3) is 6.08 Å². The average Bonchev–Trinajstić information content (AvgIpc) is 2.77.